The number of carbonyl (C=O) groups is 1. The highest BCUT2D eigenvalue weighted by Gasteiger charge is 2.32. The predicted octanol–water partition coefficient (Wildman–Crippen LogP) is 4.98. The molecule has 104 valence electrons. The lowest BCUT2D eigenvalue weighted by atomic mass is 9.74. The summed E-state index contributed by atoms with van der Waals surface area (Å²) in [4.78, 5) is 12.3. The third-order valence-corrected chi connectivity index (χ3v) is 4.26. The van der Waals surface area contributed by atoms with Crippen LogP contribution in [0.25, 0.3) is 0 Å². The summed E-state index contributed by atoms with van der Waals surface area (Å²) in [6, 6.07) is 2.29. The Kier molecular flexibility index (Phi) is 4.39. The van der Waals surface area contributed by atoms with E-state index in [-0.39, 0.29) is 17.3 Å². The lowest BCUT2D eigenvalue weighted by Gasteiger charge is -2.30. The fraction of sp³-hybridized carbons (Fsp3) is 0.533. The van der Waals surface area contributed by atoms with Gasteiger partial charge in [-0.25, -0.2) is 8.78 Å². The number of benzene rings is 1. The van der Waals surface area contributed by atoms with Crippen molar-refractivity contribution in [1.29, 1.82) is 0 Å². The number of ketones is 1. The Morgan fingerprint density at radius 2 is 1.58 bits per heavy atom. The lowest BCUT2D eigenvalue weighted by molar-refractivity contribution is 0.0827. The monoisotopic (exact) mass is 330 g/mol. The average Bonchev–Trinajstić information content (AvgIpc) is 2.25. The van der Waals surface area contributed by atoms with Crippen molar-refractivity contribution >= 4 is 21.7 Å². The van der Waals surface area contributed by atoms with Crippen molar-refractivity contribution in [3.8, 4) is 0 Å². The molecule has 0 bridgehead atoms. The van der Waals surface area contributed by atoms with Crippen molar-refractivity contribution in [2.45, 2.75) is 33.1 Å². The zero-order valence-electron chi connectivity index (χ0n) is 11.1. The van der Waals surface area contributed by atoms with E-state index in [1.165, 1.54) is 0 Å². The molecular formula is C15H17BrF2O. The molecule has 1 aromatic carbocycles. The first-order valence-electron chi connectivity index (χ1n) is 6.57. The van der Waals surface area contributed by atoms with Gasteiger partial charge in [-0.1, -0.05) is 29.8 Å². The van der Waals surface area contributed by atoms with E-state index in [0.29, 0.717) is 16.3 Å². The van der Waals surface area contributed by atoms with Crippen LogP contribution in [-0.2, 0) is 0 Å². The molecule has 1 nitrogen and oxygen atoms in total. The van der Waals surface area contributed by atoms with E-state index in [2.05, 4.69) is 29.8 Å². The van der Waals surface area contributed by atoms with E-state index in [1.807, 2.05) is 0 Å². The van der Waals surface area contributed by atoms with Crippen LogP contribution in [0.2, 0.25) is 0 Å². The van der Waals surface area contributed by atoms with Crippen LogP contribution in [0.1, 0.15) is 43.5 Å². The second-order valence-electron chi connectivity index (χ2n) is 5.72. The summed E-state index contributed by atoms with van der Waals surface area (Å²) >= 11 is 3.02. The SMILES string of the molecule is CC1CC(C)CC(C(=O)c2c(F)cc(Br)cc2F)C1. The van der Waals surface area contributed by atoms with Crippen LogP contribution in [0, 0.1) is 29.4 Å². The highest BCUT2D eigenvalue weighted by atomic mass is 79.9. The van der Waals surface area contributed by atoms with Gasteiger partial charge in [0.1, 0.15) is 11.6 Å². The smallest absolute Gasteiger partial charge is 0.171 e. The molecule has 0 heterocycles. The minimum atomic E-state index is -0.775. The van der Waals surface area contributed by atoms with Gasteiger partial charge in [0.25, 0.3) is 0 Å². The molecule has 0 aromatic heterocycles. The maximum absolute atomic E-state index is 13.8. The molecule has 4 heteroatoms. The summed E-state index contributed by atoms with van der Waals surface area (Å²) in [6.45, 7) is 4.18. The summed E-state index contributed by atoms with van der Waals surface area (Å²) in [5.74, 6) is -1.34. The molecule has 0 N–H and O–H groups in total. The van der Waals surface area contributed by atoms with Crippen molar-refractivity contribution in [2.24, 2.45) is 17.8 Å². The van der Waals surface area contributed by atoms with Crippen molar-refractivity contribution in [3.63, 3.8) is 0 Å². The van der Waals surface area contributed by atoms with Crippen LogP contribution >= 0.6 is 15.9 Å². The molecule has 2 unspecified atom stereocenters. The summed E-state index contributed by atoms with van der Waals surface area (Å²) in [5.41, 5.74) is -0.380. The van der Waals surface area contributed by atoms with Gasteiger partial charge in [-0.2, -0.15) is 0 Å². The number of carbonyl (C=O) groups excluding carboxylic acids is 1. The maximum Gasteiger partial charge on any atom is 0.171 e. The van der Waals surface area contributed by atoms with Crippen LogP contribution in [0.4, 0.5) is 8.78 Å². The number of halogens is 3. The minimum absolute atomic E-state index is 0.260. The van der Waals surface area contributed by atoms with E-state index < -0.39 is 11.6 Å². The molecule has 1 aliphatic carbocycles. The Bertz CT molecular complexity index is 468. The minimum Gasteiger partial charge on any atom is -0.294 e. The van der Waals surface area contributed by atoms with Crippen molar-refractivity contribution < 1.29 is 13.6 Å². The number of hydrogen-bond donors (Lipinski definition) is 0. The number of Topliss-reactive ketones (excluding diaryl/α,β-unsaturated/α-hetero) is 1. The molecule has 1 fully saturated rings. The average molecular weight is 331 g/mol. The van der Waals surface area contributed by atoms with Gasteiger partial charge in [-0.3, -0.25) is 4.79 Å². The van der Waals surface area contributed by atoms with Gasteiger partial charge < -0.3 is 0 Å². The second kappa shape index (κ2) is 5.70. The first-order valence-corrected chi connectivity index (χ1v) is 7.36. The molecule has 2 rings (SSSR count). The van der Waals surface area contributed by atoms with Gasteiger partial charge in [0.15, 0.2) is 5.78 Å². The summed E-state index contributed by atoms with van der Waals surface area (Å²) < 4.78 is 27.9. The van der Waals surface area contributed by atoms with Crippen LogP contribution in [0.15, 0.2) is 16.6 Å². The Morgan fingerprint density at radius 1 is 1.11 bits per heavy atom. The summed E-state index contributed by atoms with van der Waals surface area (Å²) in [6.07, 6.45) is 2.52. The Balaban J connectivity index is 2.29. The molecule has 19 heavy (non-hydrogen) atoms. The van der Waals surface area contributed by atoms with Gasteiger partial charge in [0.05, 0.1) is 5.56 Å². The second-order valence-corrected chi connectivity index (χ2v) is 6.64. The lowest BCUT2D eigenvalue weighted by Crippen LogP contribution is -2.27. The van der Waals surface area contributed by atoms with Crippen molar-refractivity contribution in [2.75, 3.05) is 0 Å². The molecule has 0 spiro atoms. The molecule has 0 saturated heterocycles. The van der Waals surface area contributed by atoms with Gasteiger partial charge >= 0.3 is 0 Å². The summed E-state index contributed by atoms with van der Waals surface area (Å²) in [5, 5.41) is 0. The molecular weight excluding hydrogens is 314 g/mol. The van der Waals surface area contributed by atoms with E-state index in [1.54, 1.807) is 0 Å². The molecule has 1 aliphatic rings. The molecule has 0 aliphatic heterocycles. The predicted molar refractivity (Wildman–Crippen MR) is 74.1 cm³/mol. The van der Waals surface area contributed by atoms with Gasteiger partial charge in [0, 0.05) is 10.4 Å². The quantitative estimate of drug-likeness (QED) is 0.699. The molecule has 1 aromatic rings. The van der Waals surface area contributed by atoms with Gasteiger partial charge in [-0.05, 0) is 43.2 Å². The van der Waals surface area contributed by atoms with Crippen LogP contribution < -0.4 is 0 Å². The maximum atomic E-state index is 13.8. The number of hydrogen-bond acceptors (Lipinski definition) is 1. The third kappa shape index (κ3) is 3.22. The Hall–Kier alpha value is -0.770. The molecule has 0 amide bonds. The normalized spacial score (nSPS) is 27.3. The zero-order chi connectivity index (χ0) is 14.2. The van der Waals surface area contributed by atoms with E-state index >= 15 is 0 Å². The van der Waals surface area contributed by atoms with Crippen LogP contribution in [0.5, 0.6) is 0 Å². The van der Waals surface area contributed by atoms with Crippen molar-refractivity contribution in [1.82, 2.24) is 0 Å². The van der Waals surface area contributed by atoms with Crippen molar-refractivity contribution in [3.05, 3.63) is 33.8 Å². The van der Waals surface area contributed by atoms with E-state index in [0.717, 1.165) is 31.4 Å². The zero-order valence-corrected chi connectivity index (χ0v) is 12.6. The third-order valence-electron chi connectivity index (χ3n) is 3.80. The number of rotatable bonds is 2. The Labute approximate surface area is 120 Å². The highest BCUT2D eigenvalue weighted by molar-refractivity contribution is 9.10. The van der Waals surface area contributed by atoms with Gasteiger partial charge in [-0.15, -0.1) is 0 Å². The Morgan fingerprint density at radius 3 is 2.05 bits per heavy atom. The highest BCUT2D eigenvalue weighted by Crippen LogP contribution is 2.35. The molecule has 2 atom stereocenters. The first kappa shape index (κ1) is 14.6. The standard InChI is InChI=1S/C15H17BrF2O/c1-8-3-9(2)5-10(4-8)15(19)14-12(17)6-11(16)7-13(14)18/h6-10H,3-5H2,1-2H3. The summed E-state index contributed by atoms with van der Waals surface area (Å²) in [7, 11) is 0. The van der Waals surface area contributed by atoms with E-state index in [9.17, 15) is 13.6 Å². The van der Waals surface area contributed by atoms with Crippen LogP contribution in [0.3, 0.4) is 0 Å². The fourth-order valence-corrected chi connectivity index (χ4v) is 3.54. The first-order chi connectivity index (χ1) is 8.88. The fourth-order valence-electron chi connectivity index (χ4n) is 3.14. The molecule has 1 saturated carbocycles. The van der Waals surface area contributed by atoms with E-state index in [4.69, 9.17) is 0 Å². The topological polar surface area (TPSA) is 17.1 Å². The van der Waals surface area contributed by atoms with Crippen LogP contribution in [-0.4, -0.2) is 5.78 Å². The molecule has 0 radical (unpaired) electrons. The largest absolute Gasteiger partial charge is 0.294 e. The van der Waals surface area contributed by atoms with Gasteiger partial charge in [0.2, 0.25) is 0 Å².